The molecular weight excluding hydrogens is 687 g/mol. The number of benzene rings is 9. The van der Waals surface area contributed by atoms with E-state index in [4.69, 9.17) is 4.42 Å². The normalized spacial score (nSPS) is 11.6. The first-order chi connectivity index (χ1) is 27.2. The SMILES string of the molecule is c1ccc(-c2ccc(N(c3ccc(-c4ccc5c(c4)sc4ccccc45)cc3)c3ccc(-c4cccc5ccc6oc7ccccc7c6c45)cc3)cc2)cc1. The van der Waals surface area contributed by atoms with Crippen LogP contribution in [0.2, 0.25) is 0 Å². The standard InChI is InChI=1S/C52H33NOS/c1-2-9-34(10-3-1)35-17-25-40(26-18-35)53(41-27-19-36(20-28-41)39-23-31-45-44-12-5-7-16-49(44)55-50(45)33-39)42-29-21-37(22-30-42)43-14-8-11-38-24-32-48-52(51(38)43)46-13-4-6-15-47(46)54-48/h1-33H. The molecule has 55 heavy (non-hydrogen) atoms. The minimum atomic E-state index is 0.912. The topological polar surface area (TPSA) is 16.4 Å². The molecule has 258 valence electrons. The molecule has 0 unspecified atom stereocenters. The highest BCUT2D eigenvalue weighted by Crippen LogP contribution is 2.42. The average molecular weight is 720 g/mol. The van der Waals surface area contributed by atoms with Crippen LogP contribution in [0, 0.1) is 0 Å². The maximum Gasteiger partial charge on any atom is 0.136 e. The fraction of sp³-hybridized carbons (Fsp3) is 0. The molecule has 0 aliphatic rings. The van der Waals surface area contributed by atoms with E-state index >= 15 is 0 Å². The Balaban J connectivity index is 1.000. The van der Waals surface area contributed by atoms with Crippen LogP contribution >= 0.6 is 11.3 Å². The Morgan fingerprint density at radius 3 is 1.67 bits per heavy atom. The van der Waals surface area contributed by atoms with Gasteiger partial charge in [-0.15, -0.1) is 11.3 Å². The molecule has 0 spiro atoms. The number of fused-ring (bicyclic) bond motifs is 8. The highest BCUT2D eigenvalue weighted by atomic mass is 32.1. The number of nitrogens with zero attached hydrogens (tertiary/aromatic N) is 1. The van der Waals surface area contributed by atoms with E-state index in [1.807, 2.05) is 17.4 Å². The number of para-hydroxylation sites is 1. The van der Waals surface area contributed by atoms with Crippen LogP contribution in [0.3, 0.4) is 0 Å². The summed E-state index contributed by atoms with van der Waals surface area (Å²) >= 11 is 1.86. The highest BCUT2D eigenvalue weighted by molar-refractivity contribution is 7.25. The summed E-state index contributed by atoms with van der Waals surface area (Å²) in [6.07, 6.45) is 0. The van der Waals surface area contributed by atoms with Crippen molar-refractivity contribution in [3.63, 3.8) is 0 Å². The minimum Gasteiger partial charge on any atom is -0.456 e. The van der Waals surface area contributed by atoms with Crippen LogP contribution < -0.4 is 4.90 Å². The molecule has 0 N–H and O–H groups in total. The molecule has 0 saturated carbocycles. The Hall–Kier alpha value is -6.94. The van der Waals surface area contributed by atoms with E-state index in [2.05, 4.69) is 199 Å². The van der Waals surface area contributed by atoms with Gasteiger partial charge >= 0.3 is 0 Å². The highest BCUT2D eigenvalue weighted by Gasteiger charge is 2.17. The molecular formula is C52H33NOS. The van der Waals surface area contributed by atoms with E-state index in [1.54, 1.807) is 0 Å². The molecule has 2 aromatic heterocycles. The van der Waals surface area contributed by atoms with Crippen LogP contribution in [0.15, 0.2) is 205 Å². The van der Waals surface area contributed by atoms with Crippen molar-refractivity contribution in [3.05, 3.63) is 200 Å². The second kappa shape index (κ2) is 12.9. The molecule has 0 radical (unpaired) electrons. The Bertz CT molecular complexity index is 3170. The first-order valence-electron chi connectivity index (χ1n) is 18.7. The van der Waals surface area contributed by atoms with Gasteiger partial charge in [-0.25, -0.2) is 0 Å². The lowest BCUT2D eigenvalue weighted by atomic mass is 9.94. The summed E-state index contributed by atoms with van der Waals surface area (Å²) in [7, 11) is 0. The van der Waals surface area contributed by atoms with Crippen LogP contribution in [-0.4, -0.2) is 0 Å². The van der Waals surface area contributed by atoms with Crippen LogP contribution in [0.25, 0.3) is 86.3 Å². The van der Waals surface area contributed by atoms with Gasteiger partial charge in [-0.3, -0.25) is 0 Å². The Kier molecular flexibility index (Phi) is 7.39. The first-order valence-corrected chi connectivity index (χ1v) is 19.5. The average Bonchev–Trinajstić information content (AvgIpc) is 3.83. The second-order valence-electron chi connectivity index (χ2n) is 14.1. The molecule has 0 bridgehead atoms. The van der Waals surface area contributed by atoms with Gasteiger partial charge in [-0.05, 0) is 99.4 Å². The van der Waals surface area contributed by atoms with E-state index in [1.165, 1.54) is 69.7 Å². The molecule has 0 fully saturated rings. The zero-order chi connectivity index (χ0) is 36.3. The predicted octanol–water partition coefficient (Wildman–Crippen LogP) is 15.6. The van der Waals surface area contributed by atoms with Gasteiger partial charge in [0.25, 0.3) is 0 Å². The lowest BCUT2D eigenvalue weighted by molar-refractivity contribution is 0.669. The van der Waals surface area contributed by atoms with Gasteiger partial charge in [-0.1, -0.05) is 140 Å². The van der Waals surface area contributed by atoms with Crippen LogP contribution in [0.5, 0.6) is 0 Å². The van der Waals surface area contributed by atoms with Gasteiger partial charge in [0.05, 0.1) is 0 Å². The summed E-state index contributed by atoms with van der Waals surface area (Å²) < 4.78 is 8.94. The van der Waals surface area contributed by atoms with Crippen molar-refractivity contribution in [2.24, 2.45) is 0 Å². The summed E-state index contributed by atoms with van der Waals surface area (Å²) in [4.78, 5) is 2.35. The van der Waals surface area contributed by atoms with Gasteiger partial charge in [0.15, 0.2) is 0 Å². The third-order valence-electron chi connectivity index (χ3n) is 10.9. The second-order valence-corrected chi connectivity index (χ2v) is 15.2. The van der Waals surface area contributed by atoms with Crippen molar-refractivity contribution in [3.8, 4) is 33.4 Å². The summed E-state index contributed by atoms with van der Waals surface area (Å²) in [6.45, 7) is 0. The third-order valence-corrected chi connectivity index (χ3v) is 12.0. The molecule has 2 heterocycles. The van der Waals surface area contributed by atoms with E-state index in [9.17, 15) is 0 Å². The molecule has 11 rings (SSSR count). The van der Waals surface area contributed by atoms with Gasteiger partial charge < -0.3 is 9.32 Å². The zero-order valence-electron chi connectivity index (χ0n) is 29.8. The molecule has 0 amide bonds. The molecule has 0 atom stereocenters. The molecule has 0 aliphatic carbocycles. The monoisotopic (exact) mass is 719 g/mol. The third kappa shape index (κ3) is 5.40. The summed E-state index contributed by atoms with van der Waals surface area (Å²) in [5.74, 6) is 0. The van der Waals surface area contributed by atoms with Crippen molar-refractivity contribution in [2.75, 3.05) is 4.90 Å². The molecule has 9 aromatic carbocycles. The summed E-state index contributed by atoms with van der Waals surface area (Å²) in [6, 6.07) is 72.2. The molecule has 0 saturated heterocycles. The van der Waals surface area contributed by atoms with Crippen molar-refractivity contribution in [2.45, 2.75) is 0 Å². The molecule has 3 heteroatoms. The summed E-state index contributed by atoms with van der Waals surface area (Å²) in [5.41, 5.74) is 12.3. The Morgan fingerprint density at radius 1 is 0.345 bits per heavy atom. The maximum absolute atomic E-state index is 6.30. The predicted molar refractivity (Wildman–Crippen MR) is 235 cm³/mol. The number of rotatable bonds is 6. The lowest BCUT2D eigenvalue weighted by Crippen LogP contribution is -2.09. The van der Waals surface area contributed by atoms with E-state index in [0.29, 0.717) is 0 Å². The fourth-order valence-electron chi connectivity index (χ4n) is 8.21. The van der Waals surface area contributed by atoms with Crippen LogP contribution in [0.1, 0.15) is 0 Å². The van der Waals surface area contributed by atoms with E-state index in [-0.39, 0.29) is 0 Å². The Morgan fingerprint density at radius 2 is 0.927 bits per heavy atom. The van der Waals surface area contributed by atoms with Gasteiger partial charge in [0.1, 0.15) is 11.2 Å². The van der Waals surface area contributed by atoms with Crippen molar-refractivity contribution in [1.29, 1.82) is 0 Å². The molecule has 11 aromatic rings. The lowest BCUT2D eigenvalue weighted by Gasteiger charge is -2.26. The van der Waals surface area contributed by atoms with Crippen molar-refractivity contribution >= 4 is 81.3 Å². The largest absolute Gasteiger partial charge is 0.456 e. The fourth-order valence-corrected chi connectivity index (χ4v) is 9.36. The van der Waals surface area contributed by atoms with Crippen LogP contribution in [-0.2, 0) is 0 Å². The van der Waals surface area contributed by atoms with Crippen molar-refractivity contribution in [1.82, 2.24) is 0 Å². The number of anilines is 3. The Labute approximate surface area is 322 Å². The summed E-state index contributed by atoms with van der Waals surface area (Å²) in [5, 5.41) is 7.38. The van der Waals surface area contributed by atoms with E-state index < -0.39 is 0 Å². The zero-order valence-corrected chi connectivity index (χ0v) is 30.6. The quantitative estimate of drug-likeness (QED) is 0.170. The number of thiophene rings is 1. The van der Waals surface area contributed by atoms with Crippen molar-refractivity contribution < 1.29 is 4.42 Å². The molecule has 0 aliphatic heterocycles. The number of hydrogen-bond acceptors (Lipinski definition) is 3. The van der Waals surface area contributed by atoms with Gasteiger partial charge in [0.2, 0.25) is 0 Å². The smallest absolute Gasteiger partial charge is 0.136 e. The van der Waals surface area contributed by atoms with Gasteiger partial charge in [0, 0.05) is 53.4 Å². The molecule has 2 nitrogen and oxygen atoms in total. The van der Waals surface area contributed by atoms with Crippen LogP contribution in [0.4, 0.5) is 17.1 Å². The first kappa shape index (κ1) is 31.6. The minimum absolute atomic E-state index is 0.912. The van der Waals surface area contributed by atoms with E-state index in [0.717, 1.165) is 33.6 Å². The maximum atomic E-state index is 6.30. The van der Waals surface area contributed by atoms with Gasteiger partial charge in [-0.2, -0.15) is 0 Å². The number of hydrogen-bond donors (Lipinski definition) is 0. The number of furan rings is 1.